The minimum Gasteiger partial charge on any atom is -0.0654 e. The van der Waals surface area contributed by atoms with Crippen LogP contribution in [0.5, 0.6) is 0 Å². The molecule has 0 unspecified atom stereocenters. The fourth-order valence-electron chi connectivity index (χ4n) is 12.2. The van der Waals surface area contributed by atoms with Gasteiger partial charge in [-0.1, -0.05) is 257 Å². The molecule has 464 valence electrons. The van der Waals surface area contributed by atoms with E-state index in [-0.39, 0.29) is 0 Å². The lowest BCUT2D eigenvalue weighted by Crippen LogP contribution is -2.00. The summed E-state index contributed by atoms with van der Waals surface area (Å²) < 4.78 is 0. The molecule has 0 saturated carbocycles. The van der Waals surface area contributed by atoms with Gasteiger partial charge in [0.2, 0.25) is 0 Å². The minimum absolute atomic E-state index is 0.926. The zero-order valence-corrected chi connectivity index (χ0v) is 56.9. The maximum Gasteiger partial charge on any atom is 0.0415 e. The highest BCUT2D eigenvalue weighted by atomic mass is 14.2. The summed E-state index contributed by atoms with van der Waals surface area (Å²) in [6.07, 6.45) is 47.4. The molecule has 0 heterocycles. The molecule has 0 aliphatic heterocycles. The summed E-state index contributed by atoms with van der Waals surface area (Å²) >= 11 is 0. The van der Waals surface area contributed by atoms with Crippen molar-refractivity contribution in [1.82, 2.24) is 0 Å². The molecule has 0 atom stereocenters. The number of fused-ring (bicyclic) bond motifs is 4. The van der Waals surface area contributed by atoms with Crippen LogP contribution in [0, 0.1) is 94.7 Å². The molecule has 0 spiro atoms. The van der Waals surface area contributed by atoms with E-state index in [2.05, 4.69) is 199 Å². The first kappa shape index (κ1) is 72.1. The van der Waals surface area contributed by atoms with Crippen molar-refractivity contribution in [2.24, 2.45) is 0 Å². The van der Waals surface area contributed by atoms with E-state index in [1.165, 1.54) is 250 Å². The lowest BCUT2D eigenvalue weighted by molar-refractivity contribution is 0.650. The number of hydrogen-bond acceptors (Lipinski definition) is 0. The molecule has 0 nitrogen and oxygen atoms in total. The number of rotatable bonds is 40. The predicted octanol–water partition coefficient (Wildman–Crippen LogP) is 22.6. The van der Waals surface area contributed by atoms with E-state index < -0.39 is 0 Å². The molecule has 4 aromatic carbocycles. The predicted molar refractivity (Wildman–Crippen MR) is 384 cm³/mol. The Labute approximate surface area is 541 Å². The van der Waals surface area contributed by atoms with Crippen molar-refractivity contribution in [2.75, 3.05) is 0 Å². The summed E-state index contributed by atoms with van der Waals surface area (Å²) in [5.41, 5.74) is 18.6. The zero-order chi connectivity index (χ0) is 62.5. The van der Waals surface area contributed by atoms with Crippen LogP contribution in [0.25, 0.3) is 0 Å². The Kier molecular flexibility index (Phi) is 37.4. The molecule has 4 aromatic rings. The average Bonchev–Trinajstić information content (AvgIpc) is 2.09. The second-order valence-electron chi connectivity index (χ2n) is 25.2. The highest BCUT2D eigenvalue weighted by Gasteiger charge is 2.14. The third-order valence-electron chi connectivity index (χ3n) is 17.6. The van der Waals surface area contributed by atoms with Crippen molar-refractivity contribution in [3.05, 3.63) is 138 Å². The summed E-state index contributed by atoms with van der Waals surface area (Å²) in [6.45, 7) is 18.3. The molecule has 0 heteroatoms. The van der Waals surface area contributed by atoms with Crippen molar-refractivity contribution in [2.45, 2.75) is 312 Å². The molecule has 0 amide bonds. The average molecular weight is 1170 g/mol. The van der Waals surface area contributed by atoms with Crippen molar-refractivity contribution in [3.63, 3.8) is 0 Å². The maximum absolute atomic E-state index is 3.58. The van der Waals surface area contributed by atoms with Crippen LogP contribution in [0.1, 0.15) is 350 Å². The Hall–Kier alpha value is -6.64. The molecule has 1 aliphatic carbocycles. The summed E-state index contributed by atoms with van der Waals surface area (Å²) in [4.78, 5) is 0. The molecule has 0 bridgehead atoms. The van der Waals surface area contributed by atoms with Crippen LogP contribution in [-0.4, -0.2) is 0 Å². The van der Waals surface area contributed by atoms with Gasteiger partial charge in [0.15, 0.2) is 0 Å². The first-order chi connectivity index (χ1) is 43.4. The number of unbranched alkanes of at least 4 members (excludes halogenated alkanes) is 24. The molecular formula is C88H112. The number of aryl methyl sites for hydroxylation is 8. The largest absolute Gasteiger partial charge is 0.0654 e. The lowest BCUT2D eigenvalue weighted by atomic mass is 9.91. The van der Waals surface area contributed by atoms with Crippen molar-refractivity contribution >= 4 is 0 Å². The van der Waals surface area contributed by atoms with Gasteiger partial charge in [-0.05, 0) is 243 Å². The standard InChI is InChI=1S/C88H112/c1-9-17-25-33-49-73-65-81-57-41-42-59-83-67-75(51-35-27-19-11-3)77(53-37-29-21-13-5)69-85(83)61-45-46-63-87-71-79(55-39-31-23-15-7)80(56-40-32-24-16-8)72-88(87)64-48-47-62-86-70-78(54-38-30-22-14-6)76(52-36-28-20-12-4)68-84(86)60-44-43-58-82(81)66-74(73)50-34-26-18-10-2/h65-72H,9-40,49-56H2,1-8H3. The summed E-state index contributed by atoms with van der Waals surface area (Å²) in [6, 6.07) is 18.7. The van der Waals surface area contributed by atoms with Crippen LogP contribution in [0.2, 0.25) is 0 Å². The fraction of sp³-hybridized carbons (Fsp3) is 0.545. The summed E-state index contributed by atoms with van der Waals surface area (Å²) in [7, 11) is 0. The van der Waals surface area contributed by atoms with E-state index in [9.17, 15) is 0 Å². The maximum atomic E-state index is 3.58. The second kappa shape index (κ2) is 45.6. The first-order valence-corrected chi connectivity index (χ1v) is 36.1. The molecule has 0 saturated heterocycles. The highest BCUT2D eigenvalue weighted by molar-refractivity contribution is 5.63. The van der Waals surface area contributed by atoms with Crippen LogP contribution in [0.4, 0.5) is 0 Å². The Bertz CT molecular complexity index is 2620. The van der Waals surface area contributed by atoms with Crippen molar-refractivity contribution in [3.8, 4) is 94.7 Å². The van der Waals surface area contributed by atoms with Gasteiger partial charge in [0, 0.05) is 44.5 Å². The van der Waals surface area contributed by atoms with Gasteiger partial charge in [0.05, 0.1) is 0 Å². The minimum atomic E-state index is 0.926. The second-order valence-corrected chi connectivity index (χ2v) is 25.2. The van der Waals surface area contributed by atoms with Crippen molar-refractivity contribution in [1.29, 1.82) is 0 Å². The normalized spacial score (nSPS) is 11.2. The van der Waals surface area contributed by atoms with Gasteiger partial charge >= 0.3 is 0 Å². The molecule has 0 aromatic heterocycles. The molecular weight excluding hydrogens is 1060 g/mol. The highest BCUT2D eigenvalue weighted by Crippen LogP contribution is 2.27. The SMILES string of the molecule is CCCCCCc1cc2c(cc1CCCCCC)C#CC#Cc1cc(CCCCCC)c(CCCCCC)cc1C#CC#Cc1cc(CCCCCC)c(CCCCCC)cc1C#CC#Cc1cc(CCCCCC)c(CCCCCC)cc1C#CC#C2. The van der Waals surface area contributed by atoms with E-state index in [1.807, 2.05) is 0 Å². The van der Waals surface area contributed by atoms with Gasteiger partial charge in [-0.15, -0.1) is 0 Å². The van der Waals surface area contributed by atoms with E-state index in [4.69, 9.17) is 0 Å². The Morgan fingerprint density at radius 3 is 0.375 bits per heavy atom. The topological polar surface area (TPSA) is 0 Å². The van der Waals surface area contributed by atoms with Gasteiger partial charge in [0.25, 0.3) is 0 Å². The molecule has 5 rings (SSSR count). The van der Waals surface area contributed by atoms with E-state index in [0.717, 1.165) is 95.9 Å². The quantitative estimate of drug-likeness (QED) is 0.0308. The Morgan fingerprint density at radius 2 is 0.273 bits per heavy atom. The fourth-order valence-corrected chi connectivity index (χ4v) is 12.2. The molecule has 0 N–H and O–H groups in total. The van der Waals surface area contributed by atoms with Crippen LogP contribution in [0.3, 0.4) is 0 Å². The van der Waals surface area contributed by atoms with Gasteiger partial charge < -0.3 is 0 Å². The number of benzene rings is 4. The van der Waals surface area contributed by atoms with E-state index in [1.54, 1.807) is 0 Å². The Morgan fingerprint density at radius 1 is 0.159 bits per heavy atom. The van der Waals surface area contributed by atoms with Gasteiger partial charge in [-0.2, -0.15) is 0 Å². The monoisotopic (exact) mass is 1170 g/mol. The third kappa shape index (κ3) is 27.4. The van der Waals surface area contributed by atoms with Crippen LogP contribution < -0.4 is 0 Å². The van der Waals surface area contributed by atoms with Gasteiger partial charge in [0.1, 0.15) is 0 Å². The van der Waals surface area contributed by atoms with Crippen LogP contribution in [-0.2, 0) is 51.4 Å². The molecule has 0 fully saturated rings. The third-order valence-corrected chi connectivity index (χ3v) is 17.6. The first-order valence-electron chi connectivity index (χ1n) is 36.1. The van der Waals surface area contributed by atoms with Crippen molar-refractivity contribution < 1.29 is 0 Å². The van der Waals surface area contributed by atoms with Crippen LogP contribution >= 0.6 is 0 Å². The molecule has 1 aliphatic rings. The zero-order valence-electron chi connectivity index (χ0n) is 56.9. The number of hydrogen-bond donors (Lipinski definition) is 0. The summed E-state index contributed by atoms with van der Waals surface area (Å²) in [5.74, 6) is 55.6. The van der Waals surface area contributed by atoms with Gasteiger partial charge in [-0.25, -0.2) is 0 Å². The smallest absolute Gasteiger partial charge is 0.0415 e. The molecule has 88 heavy (non-hydrogen) atoms. The van der Waals surface area contributed by atoms with E-state index >= 15 is 0 Å². The van der Waals surface area contributed by atoms with Gasteiger partial charge in [-0.3, -0.25) is 0 Å². The van der Waals surface area contributed by atoms with E-state index in [0.29, 0.717) is 0 Å². The van der Waals surface area contributed by atoms with Crippen LogP contribution in [0.15, 0.2) is 48.5 Å². The molecule has 0 radical (unpaired) electrons. The lowest BCUT2D eigenvalue weighted by Gasteiger charge is -2.13. The Balaban J connectivity index is 1.84. The summed E-state index contributed by atoms with van der Waals surface area (Å²) in [5, 5.41) is 0.